The molecule has 142 valence electrons. The van der Waals surface area contributed by atoms with Crippen LogP contribution in [0.1, 0.15) is 51.5 Å². The van der Waals surface area contributed by atoms with Gasteiger partial charge in [0, 0.05) is 42.3 Å². The number of anilines is 1. The average molecular weight is 385 g/mol. The summed E-state index contributed by atoms with van der Waals surface area (Å²) in [7, 11) is 0. The second-order valence-electron chi connectivity index (χ2n) is 7.77. The van der Waals surface area contributed by atoms with Crippen LogP contribution in [-0.2, 0) is 16.8 Å². The Morgan fingerprint density at radius 1 is 1.37 bits per heavy atom. The van der Waals surface area contributed by atoms with Crippen molar-refractivity contribution in [2.45, 2.75) is 50.7 Å². The highest BCUT2D eigenvalue weighted by molar-refractivity contribution is 7.14. The molecule has 1 spiro atoms. The van der Waals surface area contributed by atoms with E-state index >= 15 is 0 Å². The summed E-state index contributed by atoms with van der Waals surface area (Å²) in [5, 5.41) is 3.11. The van der Waals surface area contributed by atoms with E-state index in [4.69, 9.17) is 4.74 Å². The average Bonchev–Trinajstić information content (AvgIpc) is 3.37. The zero-order valence-corrected chi connectivity index (χ0v) is 16.3. The highest BCUT2D eigenvalue weighted by Crippen LogP contribution is 2.45. The van der Waals surface area contributed by atoms with Gasteiger partial charge in [0.2, 0.25) is 5.95 Å². The lowest BCUT2D eigenvalue weighted by molar-refractivity contribution is -0.0758. The summed E-state index contributed by atoms with van der Waals surface area (Å²) in [5.74, 6) is 0.883. The Balaban J connectivity index is 1.36. The number of rotatable bonds is 3. The van der Waals surface area contributed by atoms with Crippen molar-refractivity contribution in [1.29, 1.82) is 0 Å². The topological polar surface area (TPSA) is 67.4 Å². The van der Waals surface area contributed by atoms with E-state index in [9.17, 15) is 4.79 Å². The number of thiophene rings is 1. The molecule has 1 saturated carbocycles. The number of carbonyl (C=O) groups is 1. The third-order valence-electron chi connectivity index (χ3n) is 5.78. The standard InChI is InChI=1S/C20H24N4O2S/c1-13-4-8-21-19(22-13)24-9-6-20(7-10-24)15-12-17(18(25)23-14-2-3-14)27-16(15)5-11-26-20/h4,8,12,14H,2-3,5-7,9-11H2,1H3,(H,23,25). The molecule has 1 N–H and O–H groups in total. The van der Waals surface area contributed by atoms with Gasteiger partial charge < -0.3 is 15.0 Å². The number of aromatic nitrogens is 2. The van der Waals surface area contributed by atoms with E-state index < -0.39 is 0 Å². The largest absolute Gasteiger partial charge is 0.370 e. The zero-order valence-electron chi connectivity index (χ0n) is 15.5. The van der Waals surface area contributed by atoms with Crippen LogP contribution in [0.15, 0.2) is 18.3 Å². The van der Waals surface area contributed by atoms with Crippen molar-refractivity contribution < 1.29 is 9.53 Å². The molecule has 2 fully saturated rings. The smallest absolute Gasteiger partial charge is 0.261 e. The molecular weight excluding hydrogens is 360 g/mol. The van der Waals surface area contributed by atoms with Gasteiger partial charge in [-0.1, -0.05) is 0 Å². The fourth-order valence-electron chi connectivity index (χ4n) is 4.08. The number of ether oxygens (including phenoxy) is 1. The van der Waals surface area contributed by atoms with Gasteiger partial charge in [0.25, 0.3) is 5.91 Å². The molecule has 2 aromatic rings. The Bertz CT molecular complexity index is 869. The zero-order chi connectivity index (χ0) is 18.4. The van der Waals surface area contributed by atoms with Gasteiger partial charge in [0.15, 0.2) is 0 Å². The molecule has 0 aromatic carbocycles. The maximum Gasteiger partial charge on any atom is 0.261 e. The molecular formula is C20H24N4O2S. The van der Waals surface area contributed by atoms with Gasteiger partial charge in [-0.15, -0.1) is 11.3 Å². The molecule has 1 amide bonds. The van der Waals surface area contributed by atoms with Crippen LogP contribution in [0.25, 0.3) is 0 Å². The third kappa shape index (κ3) is 3.23. The highest BCUT2D eigenvalue weighted by Gasteiger charge is 2.43. The molecule has 6 nitrogen and oxygen atoms in total. The molecule has 1 saturated heterocycles. The number of nitrogens with zero attached hydrogens (tertiary/aromatic N) is 3. The van der Waals surface area contributed by atoms with Crippen LogP contribution in [0.2, 0.25) is 0 Å². The first-order chi connectivity index (χ1) is 13.1. The quantitative estimate of drug-likeness (QED) is 0.881. The molecule has 2 aliphatic heterocycles. The van der Waals surface area contributed by atoms with E-state index in [1.807, 2.05) is 19.2 Å². The normalized spacial score (nSPS) is 21.1. The summed E-state index contributed by atoms with van der Waals surface area (Å²) >= 11 is 1.65. The van der Waals surface area contributed by atoms with Crippen LogP contribution >= 0.6 is 11.3 Å². The van der Waals surface area contributed by atoms with Crippen LogP contribution in [0.4, 0.5) is 5.95 Å². The summed E-state index contributed by atoms with van der Waals surface area (Å²) in [5.41, 5.74) is 1.97. The fourth-order valence-corrected chi connectivity index (χ4v) is 5.22. The number of carbonyl (C=O) groups excluding carboxylic acids is 1. The van der Waals surface area contributed by atoms with Crippen LogP contribution in [-0.4, -0.2) is 41.6 Å². The van der Waals surface area contributed by atoms with Crippen molar-refractivity contribution >= 4 is 23.2 Å². The van der Waals surface area contributed by atoms with Gasteiger partial charge in [-0.3, -0.25) is 4.79 Å². The van der Waals surface area contributed by atoms with E-state index in [1.165, 1.54) is 10.4 Å². The lowest BCUT2D eigenvalue weighted by Gasteiger charge is -2.44. The van der Waals surface area contributed by atoms with Crippen molar-refractivity contribution in [2.75, 3.05) is 24.6 Å². The van der Waals surface area contributed by atoms with Crippen molar-refractivity contribution in [1.82, 2.24) is 15.3 Å². The van der Waals surface area contributed by atoms with Gasteiger partial charge in [-0.25, -0.2) is 9.97 Å². The first-order valence-electron chi connectivity index (χ1n) is 9.76. The van der Waals surface area contributed by atoms with Crippen LogP contribution in [0.5, 0.6) is 0 Å². The fraction of sp³-hybridized carbons (Fsp3) is 0.550. The van der Waals surface area contributed by atoms with Crippen molar-refractivity contribution in [2.24, 2.45) is 0 Å². The van der Waals surface area contributed by atoms with Crippen LogP contribution < -0.4 is 10.2 Å². The molecule has 0 radical (unpaired) electrons. The predicted molar refractivity (Wildman–Crippen MR) is 104 cm³/mol. The first-order valence-corrected chi connectivity index (χ1v) is 10.6. The minimum atomic E-state index is -0.261. The second kappa shape index (κ2) is 6.56. The number of fused-ring (bicyclic) bond motifs is 2. The van der Waals surface area contributed by atoms with E-state index in [0.717, 1.165) is 68.3 Å². The summed E-state index contributed by atoms with van der Waals surface area (Å²) in [6.45, 7) is 4.45. The predicted octanol–water partition coefficient (Wildman–Crippen LogP) is 2.81. The number of aryl methyl sites for hydroxylation is 1. The SMILES string of the molecule is Cc1ccnc(N2CCC3(CC2)OCCc2sc(C(=O)NC4CC4)cc23)n1. The molecule has 3 aliphatic rings. The van der Waals surface area contributed by atoms with Crippen LogP contribution in [0, 0.1) is 6.92 Å². The van der Waals surface area contributed by atoms with Crippen molar-refractivity contribution in [3.05, 3.63) is 39.3 Å². The van der Waals surface area contributed by atoms with E-state index in [1.54, 1.807) is 11.3 Å². The molecule has 0 atom stereocenters. The molecule has 0 bridgehead atoms. The number of hydrogen-bond donors (Lipinski definition) is 1. The monoisotopic (exact) mass is 384 g/mol. The van der Waals surface area contributed by atoms with Gasteiger partial charge in [0.1, 0.15) is 0 Å². The molecule has 4 heterocycles. The Kier molecular flexibility index (Phi) is 4.16. The van der Waals surface area contributed by atoms with Crippen molar-refractivity contribution in [3.63, 3.8) is 0 Å². The maximum atomic E-state index is 12.5. The lowest BCUT2D eigenvalue weighted by atomic mass is 9.82. The third-order valence-corrected chi connectivity index (χ3v) is 6.97. The molecule has 0 unspecified atom stereocenters. The van der Waals surface area contributed by atoms with Gasteiger partial charge in [-0.2, -0.15) is 0 Å². The second-order valence-corrected chi connectivity index (χ2v) is 8.91. The Hall–Kier alpha value is -1.99. The Morgan fingerprint density at radius 3 is 2.93 bits per heavy atom. The summed E-state index contributed by atoms with van der Waals surface area (Å²) in [6, 6.07) is 4.40. The molecule has 2 aromatic heterocycles. The van der Waals surface area contributed by atoms with E-state index in [0.29, 0.717) is 6.04 Å². The lowest BCUT2D eigenvalue weighted by Crippen LogP contribution is -2.46. The minimum absolute atomic E-state index is 0.0812. The number of amides is 1. The minimum Gasteiger partial charge on any atom is -0.370 e. The molecule has 1 aliphatic carbocycles. The molecule has 27 heavy (non-hydrogen) atoms. The van der Waals surface area contributed by atoms with Gasteiger partial charge in [-0.05, 0) is 50.3 Å². The Labute approximate surface area is 163 Å². The number of hydrogen-bond acceptors (Lipinski definition) is 6. The van der Waals surface area contributed by atoms with Crippen LogP contribution in [0.3, 0.4) is 0 Å². The van der Waals surface area contributed by atoms with E-state index in [-0.39, 0.29) is 11.5 Å². The summed E-state index contributed by atoms with van der Waals surface area (Å²) < 4.78 is 6.33. The highest BCUT2D eigenvalue weighted by atomic mass is 32.1. The summed E-state index contributed by atoms with van der Waals surface area (Å²) in [6.07, 6.45) is 6.75. The number of piperidine rings is 1. The first kappa shape index (κ1) is 17.1. The summed E-state index contributed by atoms with van der Waals surface area (Å²) in [4.78, 5) is 25.9. The number of nitrogens with one attached hydrogen (secondary N) is 1. The maximum absolute atomic E-state index is 12.5. The molecule has 7 heteroatoms. The van der Waals surface area contributed by atoms with E-state index in [2.05, 4.69) is 26.3 Å². The van der Waals surface area contributed by atoms with Gasteiger partial charge >= 0.3 is 0 Å². The van der Waals surface area contributed by atoms with Crippen molar-refractivity contribution in [3.8, 4) is 0 Å². The van der Waals surface area contributed by atoms with Gasteiger partial charge in [0.05, 0.1) is 17.1 Å². The Morgan fingerprint density at radius 2 is 2.19 bits per heavy atom. The molecule has 5 rings (SSSR count).